The maximum atomic E-state index is 14.9. The van der Waals surface area contributed by atoms with Gasteiger partial charge < -0.3 is 63.4 Å². The quantitative estimate of drug-likeness (QED) is 0.0644. The summed E-state index contributed by atoms with van der Waals surface area (Å²) in [5.41, 5.74) is 1.28. The molecule has 0 spiro atoms. The van der Waals surface area contributed by atoms with Crippen LogP contribution in [0.1, 0.15) is 106 Å². The highest BCUT2D eigenvalue weighted by atomic mass is 16.7. The highest BCUT2D eigenvalue weighted by Crippen LogP contribution is 2.41. The third kappa shape index (κ3) is 16.2. The maximum Gasteiger partial charge on any atom is 0.426 e. The molecule has 0 aromatic heterocycles. The third-order valence-corrected chi connectivity index (χ3v) is 15.4. The lowest BCUT2D eigenvalue weighted by atomic mass is 9.77. The van der Waals surface area contributed by atoms with Crippen molar-refractivity contribution in [3.8, 4) is 0 Å². The summed E-state index contributed by atoms with van der Waals surface area (Å²) >= 11 is 0. The van der Waals surface area contributed by atoms with Gasteiger partial charge in [0.1, 0.15) is 23.4 Å². The van der Waals surface area contributed by atoms with Crippen LogP contribution < -0.4 is 16.2 Å². The number of aliphatic hydroxyl groups excluding tert-OH is 1. The van der Waals surface area contributed by atoms with Gasteiger partial charge in [0, 0.05) is 50.7 Å². The summed E-state index contributed by atoms with van der Waals surface area (Å²) in [5, 5.41) is 40.2. The third-order valence-electron chi connectivity index (χ3n) is 15.4. The van der Waals surface area contributed by atoms with Crippen LogP contribution >= 0.6 is 0 Å². The molecule has 3 aliphatic heterocycles. The van der Waals surface area contributed by atoms with Gasteiger partial charge in [-0.25, -0.2) is 15.0 Å². The van der Waals surface area contributed by atoms with Gasteiger partial charge in [-0.3, -0.25) is 19.9 Å². The fourth-order valence-corrected chi connectivity index (χ4v) is 11.1. The number of hydrogen-bond donors (Lipinski definition) is 6. The summed E-state index contributed by atoms with van der Waals surface area (Å²) < 4.78 is 50.9. The number of aliphatic hydroxyl groups is 3. The summed E-state index contributed by atoms with van der Waals surface area (Å²) in [5.74, 6) is -3.73. The molecule has 3 aliphatic rings. The molecule has 3 fully saturated rings. The molecular weight excluding hydrogens is 983 g/mol. The molecule has 0 bridgehead atoms. The zero-order chi connectivity index (χ0) is 56.3. The van der Waals surface area contributed by atoms with Gasteiger partial charge in [0.2, 0.25) is 0 Å². The van der Waals surface area contributed by atoms with E-state index >= 15 is 0 Å². The molecule has 2 aromatic rings. The Morgan fingerprint density at radius 1 is 0.855 bits per heavy atom. The Balaban J connectivity index is 1.49. The molecule has 0 radical (unpaired) electrons. The van der Waals surface area contributed by atoms with Gasteiger partial charge in [0.25, 0.3) is 5.91 Å². The van der Waals surface area contributed by atoms with E-state index in [-0.39, 0.29) is 43.9 Å². The van der Waals surface area contributed by atoms with E-state index in [2.05, 4.69) is 16.2 Å². The van der Waals surface area contributed by atoms with Crippen LogP contribution in [0.25, 0.3) is 6.08 Å². The van der Waals surface area contributed by atoms with Gasteiger partial charge in [0.05, 0.1) is 35.9 Å². The molecule has 18 atom stereocenters. The summed E-state index contributed by atoms with van der Waals surface area (Å²) in [4.78, 5) is 58.1. The van der Waals surface area contributed by atoms with Crippen LogP contribution in [0.2, 0.25) is 0 Å². The molecule has 0 aliphatic carbocycles. The Morgan fingerprint density at radius 2 is 1.49 bits per heavy atom. The lowest BCUT2D eigenvalue weighted by Gasteiger charge is -2.49. The molecule has 3 amide bonds. The Labute approximate surface area is 449 Å². The number of amides is 3. The molecule has 20 nitrogen and oxygen atoms in total. The molecule has 0 unspecified atom stereocenters. The highest BCUT2D eigenvalue weighted by molar-refractivity contribution is 5.92. The minimum atomic E-state index is -1.95. The van der Waals surface area contributed by atoms with E-state index in [4.69, 9.17) is 37.9 Å². The van der Waals surface area contributed by atoms with Crippen molar-refractivity contribution in [3.63, 3.8) is 0 Å². The number of carbonyl (C=O) groups is 4. The van der Waals surface area contributed by atoms with Crippen molar-refractivity contribution < 1.29 is 72.4 Å². The van der Waals surface area contributed by atoms with E-state index < -0.39 is 114 Å². The first kappa shape index (κ1) is 62.1. The van der Waals surface area contributed by atoms with E-state index in [1.165, 1.54) is 20.1 Å². The van der Waals surface area contributed by atoms with Crippen LogP contribution in [0, 0.1) is 17.8 Å². The lowest BCUT2D eigenvalue weighted by Crippen LogP contribution is -2.61. The number of nitrogens with zero attached hydrogens (tertiary/aromatic N) is 2. The summed E-state index contributed by atoms with van der Waals surface area (Å²) in [6, 6.07) is 17.5. The van der Waals surface area contributed by atoms with Crippen LogP contribution in [-0.4, -0.2) is 174 Å². The zero-order valence-electron chi connectivity index (χ0n) is 47.0. The maximum absolute atomic E-state index is 14.9. The number of esters is 1. The first-order valence-electron chi connectivity index (χ1n) is 26.6. The average Bonchev–Trinajstić information content (AvgIpc) is 3.37. The molecule has 0 saturated carbocycles. The van der Waals surface area contributed by atoms with Crippen molar-refractivity contribution in [1.82, 2.24) is 26.0 Å². The summed E-state index contributed by atoms with van der Waals surface area (Å²) in [6.45, 7) is 17.8. The van der Waals surface area contributed by atoms with E-state index in [0.29, 0.717) is 13.0 Å². The Bertz CT molecular complexity index is 2200. The number of ether oxygens (including phenoxy) is 8. The molecule has 426 valence electrons. The second-order valence-corrected chi connectivity index (χ2v) is 22.1. The number of carbonyl (C=O) groups excluding carboxylic acids is 4. The standard InChI is InChI=1S/C56H87N5O15/c1-15-42-56(10,68)48(75-52(65)57-31-40-24-20-17-21-25-40)37(6)61(13)32-33(2)29-54(8,67)47(74-51-45(63)41(60(11)12)28-34(3)70-51)35(4)46(36(5)50(64)72-42)73-44-30-55(9,69-14)49(38(7)71-44)76-53(66)59-58-43(62)27-26-39-22-18-16-19-23-39/h16-27,33-38,41-42,44-49,51,63,67-68H,15,28-32H2,1-14H3,(H,57,65)(H,58,62)(H,59,66)/b27-26+/t33-,34-,35-,36-,37-,38+,41+,42+,44+,45-,46+,47-,48-,49+,51+,54-,55-,56-/m1/s1. The fraction of sp³-hybridized carbons (Fsp3) is 0.679. The van der Waals surface area contributed by atoms with Crippen LogP contribution in [0.5, 0.6) is 0 Å². The number of likely N-dealkylation sites (N-methyl/N-ethyl adjacent to an activating group) is 2. The van der Waals surface area contributed by atoms with E-state index in [0.717, 1.165) is 11.1 Å². The number of nitrogens with one attached hydrogen (secondary N) is 3. The van der Waals surface area contributed by atoms with Gasteiger partial charge in [-0.05, 0) is 112 Å². The van der Waals surface area contributed by atoms with Crippen LogP contribution in [0.4, 0.5) is 9.59 Å². The molecular formula is C56H87N5O15. The number of rotatable bonds is 13. The fourth-order valence-electron chi connectivity index (χ4n) is 11.1. The lowest BCUT2D eigenvalue weighted by molar-refractivity contribution is -0.317. The second kappa shape index (κ2) is 27.2. The molecule has 3 saturated heterocycles. The molecule has 2 aromatic carbocycles. The molecule has 3 heterocycles. The van der Waals surface area contributed by atoms with Gasteiger partial charge >= 0.3 is 18.2 Å². The van der Waals surface area contributed by atoms with Crippen molar-refractivity contribution in [1.29, 1.82) is 0 Å². The monoisotopic (exact) mass is 1070 g/mol. The molecule has 5 rings (SSSR count). The largest absolute Gasteiger partial charge is 0.459 e. The molecule has 6 N–H and O–H groups in total. The first-order chi connectivity index (χ1) is 35.7. The number of benzene rings is 2. The number of hydrogen-bond acceptors (Lipinski definition) is 17. The van der Waals surface area contributed by atoms with Gasteiger partial charge in [-0.15, -0.1) is 0 Å². The van der Waals surface area contributed by atoms with E-state index in [1.54, 1.807) is 47.6 Å². The highest BCUT2D eigenvalue weighted by Gasteiger charge is 2.54. The van der Waals surface area contributed by atoms with Crippen LogP contribution in [0.3, 0.4) is 0 Å². The Hall–Kier alpha value is -4.74. The molecule has 20 heteroatoms. The van der Waals surface area contributed by atoms with Crippen LogP contribution in [0.15, 0.2) is 66.7 Å². The van der Waals surface area contributed by atoms with Crippen LogP contribution in [-0.2, 0) is 54.0 Å². The Morgan fingerprint density at radius 3 is 2.11 bits per heavy atom. The predicted molar refractivity (Wildman–Crippen MR) is 283 cm³/mol. The Kier molecular flexibility index (Phi) is 22.2. The second-order valence-electron chi connectivity index (χ2n) is 22.1. The van der Waals surface area contributed by atoms with E-state index in [9.17, 15) is 34.5 Å². The topological polar surface area (TPSA) is 245 Å². The molecule has 76 heavy (non-hydrogen) atoms. The SMILES string of the molecule is CC[C@@H]1OC(=O)[C@H](C)[C@@H](O[C@H]2C[C@@](C)(OC)[C@@H](OC(=O)NNC(=O)/C=C/c3ccccc3)[C@H](C)O2)[C@@H](C)[C@@H](O[C@@H]2O[C@H](C)C[C@H](N(C)C)[C@H]2O)[C@](C)(O)C[C@@H](C)CN(C)[C@H](C)[C@@H](OC(=O)NCc2ccccc2)[C@]1(C)O. The van der Waals surface area contributed by atoms with Crippen molar-refractivity contribution in [3.05, 3.63) is 77.9 Å². The smallest absolute Gasteiger partial charge is 0.426 e. The van der Waals surface area contributed by atoms with Gasteiger partial charge in [-0.2, -0.15) is 0 Å². The first-order valence-corrected chi connectivity index (χ1v) is 26.6. The number of cyclic esters (lactones) is 1. The normalized spacial score (nSPS) is 37.3. The van der Waals surface area contributed by atoms with E-state index in [1.807, 2.05) is 112 Å². The van der Waals surface area contributed by atoms with Crippen molar-refractivity contribution in [2.24, 2.45) is 17.8 Å². The number of methoxy groups -OCH3 is 1. The summed E-state index contributed by atoms with van der Waals surface area (Å²) in [6.07, 6.45) is -8.77. The number of hydrazine groups is 1. The summed E-state index contributed by atoms with van der Waals surface area (Å²) in [7, 11) is 7.00. The van der Waals surface area contributed by atoms with Gasteiger partial charge in [-0.1, -0.05) is 81.4 Å². The van der Waals surface area contributed by atoms with Crippen molar-refractivity contribution in [2.45, 2.75) is 192 Å². The number of alkyl carbamates (subject to hydrolysis) is 1. The van der Waals surface area contributed by atoms with Crippen molar-refractivity contribution >= 4 is 30.1 Å². The predicted octanol–water partition coefficient (Wildman–Crippen LogP) is 5.31. The average molecular weight is 1070 g/mol. The van der Waals surface area contributed by atoms with Gasteiger partial charge in [0.15, 0.2) is 24.8 Å². The minimum absolute atomic E-state index is 0.0454. The minimum Gasteiger partial charge on any atom is -0.459 e. The van der Waals surface area contributed by atoms with Crippen molar-refractivity contribution in [2.75, 3.05) is 34.8 Å². The zero-order valence-corrected chi connectivity index (χ0v) is 47.0.